The lowest BCUT2D eigenvalue weighted by Crippen LogP contribution is -2.25. The van der Waals surface area contributed by atoms with Crippen molar-refractivity contribution >= 4 is 17.5 Å². The molecule has 1 aromatic heterocycles. The Kier molecular flexibility index (Phi) is 7.71. The second-order valence-corrected chi connectivity index (χ2v) is 8.29. The number of ether oxygens (including phenoxy) is 1. The average molecular weight is 461 g/mol. The number of aliphatic hydroxyl groups is 1. The number of hydrogen-bond donors (Lipinski definition) is 2. The second kappa shape index (κ2) is 10.7. The number of nitrogens with zero attached hydrogens (tertiary/aromatic N) is 3. The van der Waals surface area contributed by atoms with Gasteiger partial charge in [-0.3, -0.25) is 14.3 Å². The summed E-state index contributed by atoms with van der Waals surface area (Å²) in [5.41, 5.74) is 6.96. The largest absolute Gasteiger partial charge is 0.491 e. The molecule has 176 valence electrons. The first-order valence-electron chi connectivity index (χ1n) is 10.8. The quantitative estimate of drug-likeness (QED) is 0.584. The lowest BCUT2D eigenvalue weighted by molar-refractivity contribution is -0.118. The Morgan fingerprint density at radius 1 is 1.21 bits per heavy atom. The third kappa shape index (κ3) is 6.95. The molecule has 3 N–H and O–H groups in total. The van der Waals surface area contributed by atoms with Gasteiger partial charge in [-0.05, 0) is 43.7 Å². The topological polar surface area (TPSA) is 111 Å². The summed E-state index contributed by atoms with van der Waals surface area (Å²) in [4.78, 5) is 24.2. The Bertz CT molecular complexity index is 1220. The first-order chi connectivity index (χ1) is 16.1. The Labute approximate surface area is 198 Å². The third-order valence-electron chi connectivity index (χ3n) is 4.86. The van der Waals surface area contributed by atoms with Crippen molar-refractivity contribution in [2.45, 2.75) is 32.4 Å². The molecule has 0 saturated heterocycles. The molecule has 0 bridgehead atoms. The van der Waals surface area contributed by atoms with Crippen LogP contribution in [-0.4, -0.2) is 46.0 Å². The first-order valence-corrected chi connectivity index (χ1v) is 10.8. The molecule has 2 amide bonds. The minimum absolute atomic E-state index is 0.0198. The highest BCUT2D eigenvalue weighted by molar-refractivity contribution is 5.95. The van der Waals surface area contributed by atoms with Crippen LogP contribution in [-0.2, 0) is 11.3 Å². The van der Waals surface area contributed by atoms with Crippen LogP contribution in [0.25, 0.3) is 0 Å². The number of aromatic nitrogens is 2. The van der Waals surface area contributed by atoms with Crippen molar-refractivity contribution in [2.75, 3.05) is 18.6 Å². The van der Waals surface area contributed by atoms with Crippen molar-refractivity contribution in [1.82, 2.24) is 9.78 Å². The molecule has 0 spiro atoms. The van der Waals surface area contributed by atoms with Crippen LogP contribution in [0.1, 0.15) is 41.9 Å². The molecule has 0 fully saturated rings. The summed E-state index contributed by atoms with van der Waals surface area (Å²) in [5, 5.41) is 13.6. The van der Waals surface area contributed by atoms with Gasteiger partial charge >= 0.3 is 0 Å². The number of anilines is 1. The average Bonchev–Trinajstić information content (AvgIpc) is 3.22. The molecule has 3 aromatic rings. The zero-order chi connectivity index (χ0) is 24.7. The van der Waals surface area contributed by atoms with Gasteiger partial charge < -0.3 is 20.5 Å². The third-order valence-corrected chi connectivity index (χ3v) is 4.86. The van der Waals surface area contributed by atoms with Crippen molar-refractivity contribution in [2.24, 2.45) is 5.73 Å². The normalized spacial score (nSPS) is 12.8. The SMILES string of the molecule is CN1C(=O)CCOc2ccc(C#CC(C)(C)O)cc21.NC(=O)c1ccn(Cc2ccccc2)n1. The van der Waals surface area contributed by atoms with E-state index in [0.29, 0.717) is 36.7 Å². The number of hydrogen-bond acceptors (Lipinski definition) is 5. The molecule has 2 aromatic carbocycles. The first kappa shape index (κ1) is 24.6. The molecule has 8 nitrogen and oxygen atoms in total. The van der Waals surface area contributed by atoms with Crippen molar-refractivity contribution < 1.29 is 19.4 Å². The predicted octanol–water partition coefficient (Wildman–Crippen LogP) is 2.58. The predicted molar refractivity (Wildman–Crippen MR) is 129 cm³/mol. The summed E-state index contributed by atoms with van der Waals surface area (Å²) in [6, 6.07) is 16.9. The van der Waals surface area contributed by atoms with Crippen LogP contribution in [0.3, 0.4) is 0 Å². The molecule has 0 saturated carbocycles. The molecular weight excluding hydrogens is 432 g/mol. The van der Waals surface area contributed by atoms with E-state index in [-0.39, 0.29) is 5.91 Å². The Hall–Kier alpha value is -4.09. The number of rotatable bonds is 3. The van der Waals surface area contributed by atoms with Gasteiger partial charge in [0.05, 0.1) is 25.3 Å². The fourth-order valence-corrected chi connectivity index (χ4v) is 3.11. The minimum Gasteiger partial charge on any atom is -0.491 e. The van der Waals surface area contributed by atoms with Gasteiger partial charge in [0.25, 0.3) is 5.91 Å². The minimum atomic E-state index is -1.04. The van der Waals surface area contributed by atoms with Crippen molar-refractivity contribution in [3.8, 4) is 17.6 Å². The zero-order valence-corrected chi connectivity index (χ0v) is 19.5. The van der Waals surface area contributed by atoms with Gasteiger partial charge in [0.15, 0.2) is 0 Å². The second-order valence-electron chi connectivity index (χ2n) is 8.29. The summed E-state index contributed by atoms with van der Waals surface area (Å²) in [5.74, 6) is 5.85. The van der Waals surface area contributed by atoms with E-state index in [1.807, 2.05) is 36.4 Å². The van der Waals surface area contributed by atoms with E-state index < -0.39 is 11.5 Å². The summed E-state index contributed by atoms with van der Waals surface area (Å²) in [6.45, 7) is 4.30. The van der Waals surface area contributed by atoms with Gasteiger partial charge in [-0.1, -0.05) is 42.2 Å². The van der Waals surface area contributed by atoms with Gasteiger partial charge in [0, 0.05) is 18.8 Å². The van der Waals surface area contributed by atoms with E-state index in [0.717, 1.165) is 11.1 Å². The lowest BCUT2D eigenvalue weighted by Gasteiger charge is -2.16. The molecule has 0 atom stereocenters. The standard InChI is InChI=1S/C15H17NO3.C11H11N3O/c1-15(2,18)8-6-11-4-5-13-12(10-11)16(3)14(17)7-9-19-13;12-11(15)10-6-7-14(13-10)8-9-4-2-1-3-5-9/h4-5,10,18H,7,9H2,1-3H3;1-7H,8H2,(H2,12,15). The molecule has 1 aliphatic rings. The summed E-state index contributed by atoms with van der Waals surface area (Å²) < 4.78 is 7.22. The fraction of sp³-hybridized carbons (Fsp3) is 0.269. The maximum absolute atomic E-state index is 11.8. The Morgan fingerprint density at radius 3 is 2.59 bits per heavy atom. The van der Waals surface area contributed by atoms with E-state index in [1.54, 1.807) is 54.9 Å². The van der Waals surface area contributed by atoms with Crippen LogP contribution in [0.15, 0.2) is 60.8 Å². The lowest BCUT2D eigenvalue weighted by atomic mass is 10.1. The summed E-state index contributed by atoms with van der Waals surface area (Å²) in [6.07, 6.45) is 2.11. The molecule has 4 rings (SSSR count). The maximum Gasteiger partial charge on any atom is 0.269 e. The van der Waals surface area contributed by atoms with Gasteiger partial charge in [-0.25, -0.2) is 0 Å². The summed E-state index contributed by atoms with van der Waals surface area (Å²) >= 11 is 0. The van der Waals surface area contributed by atoms with E-state index in [4.69, 9.17) is 10.5 Å². The van der Waals surface area contributed by atoms with Gasteiger partial charge in [0.1, 0.15) is 17.0 Å². The highest BCUT2D eigenvalue weighted by Crippen LogP contribution is 2.31. The van der Waals surface area contributed by atoms with Crippen LogP contribution >= 0.6 is 0 Å². The molecule has 8 heteroatoms. The monoisotopic (exact) mass is 460 g/mol. The van der Waals surface area contributed by atoms with E-state index in [2.05, 4.69) is 16.9 Å². The van der Waals surface area contributed by atoms with Crippen LogP contribution in [0, 0.1) is 11.8 Å². The number of carbonyl (C=O) groups is 2. The number of primary amides is 1. The zero-order valence-electron chi connectivity index (χ0n) is 19.5. The number of fused-ring (bicyclic) bond motifs is 1. The van der Waals surface area contributed by atoms with Crippen molar-refractivity contribution in [1.29, 1.82) is 0 Å². The van der Waals surface area contributed by atoms with Crippen molar-refractivity contribution in [3.63, 3.8) is 0 Å². The highest BCUT2D eigenvalue weighted by Gasteiger charge is 2.20. The molecule has 0 unspecified atom stereocenters. The van der Waals surface area contributed by atoms with E-state index in [1.165, 1.54) is 0 Å². The molecule has 0 radical (unpaired) electrons. The van der Waals surface area contributed by atoms with E-state index >= 15 is 0 Å². The molecule has 0 aliphatic carbocycles. The van der Waals surface area contributed by atoms with Crippen molar-refractivity contribution in [3.05, 3.63) is 77.6 Å². The fourth-order valence-electron chi connectivity index (χ4n) is 3.11. The van der Waals surface area contributed by atoms with Gasteiger partial charge in [-0.2, -0.15) is 5.10 Å². The van der Waals surface area contributed by atoms with Crippen LogP contribution in [0.4, 0.5) is 5.69 Å². The van der Waals surface area contributed by atoms with Gasteiger partial charge in [-0.15, -0.1) is 0 Å². The van der Waals surface area contributed by atoms with Crippen LogP contribution in [0.2, 0.25) is 0 Å². The van der Waals surface area contributed by atoms with Crippen LogP contribution in [0.5, 0.6) is 5.75 Å². The Morgan fingerprint density at radius 2 is 1.94 bits per heavy atom. The highest BCUT2D eigenvalue weighted by atomic mass is 16.5. The smallest absolute Gasteiger partial charge is 0.269 e. The molecule has 1 aliphatic heterocycles. The molecular formula is C26H28N4O4. The number of benzene rings is 2. The Balaban J connectivity index is 0.000000196. The number of amides is 2. The number of nitrogens with two attached hydrogens (primary N) is 1. The van der Waals surface area contributed by atoms with E-state index in [9.17, 15) is 14.7 Å². The summed E-state index contributed by atoms with van der Waals surface area (Å²) in [7, 11) is 1.73. The molecule has 34 heavy (non-hydrogen) atoms. The van der Waals surface area contributed by atoms with Crippen LogP contribution < -0.4 is 15.4 Å². The number of carbonyl (C=O) groups excluding carboxylic acids is 2. The maximum atomic E-state index is 11.8. The molecule has 2 heterocycles. The van der Waals surface area contributed by atoms with Gasteiger partial charge in [0.2, 0.25) is 5.91 Å².